The predicted molar refractivity (Wildman–Crippen MR) is 86.4 cm³/mol. The van der Waals surface area contributed by atoms with E-state index < -0.39 is 11.2 Å². The van der Waals surface area contributed by atoms with Gasteiger partial charge in [0.05, 0.1) is 0 Å². The van der Waals surface area contributed by atoms with Crippen LogP contribution in [0.25, 0.3) is 0 Å². The maximum Gasteiger partial charge on any atom is 0.294 e. The zero-order valence-corrected chi connectivity index (χ0v) is 14.4. The van der Waals surface area contributed by atoms with Crippen LogP contribution in [0.4, 0.5) is 0 Å². The zero-order chi connectivity index (χ0) is 15.9. The lowest BCUT2D eigenvalue weighted by Gasteiger charge is -2.54. The predicted octanol–water partition coefficient (Wildman–Crippen LogP) is 3.07. The van der Waals surface area contributed by atoms with Crippen LogP contribution >= 0.6 is 9.24 Å². The molecular formula is C15H27N2O3P. The molecule has 0 radical (unpaired) electrons. The SMILES string of the molecule is CCC(O[N+](=O)[O-])C1(C)C=C2CC(C)(P)CC(CN)(C2)C1. The van der Waals surface area contributed by atoms with Crippen molar-refractivity contribution in [3.8, 4) is 0 Å². The quantitative estimate of drug-likeness (QED) is 0.366. The summed E-state index contributed by atoms with van der Waals surface area (Å²) in [6, 6.07) is 0. The molecule has 5 unspecified atom stereocenters. The van der Waals surface area contributed by atoms with Crippen LogP contribution in [-0.2, 0) is 4.84 Å². The molecule has 0 aromatic carbocycles. The first-order valence-electron chi connectivity index (χ1n) is 7.64. The lowest BCUT2D eigenvalue weighted by molar-refractivity contribution is -0.772. The molecule has 2 N–H and O–H groups in total. The monoisotopic (exact) mass is 314 g/mol. The van der Waals surface area contributed by atoms with Gasteiger partial charge < -0.3 is 10.6 Å². The van der Waals surface area contributed by atoms with Gasteiger partial charge >= 0.3 is 0 Å². The van der Waals surface area contributed by atoms with Gasteiger partial charge in [-0.2, -0.15) is 0 Å². The Kier molecular flexibility index (Phi) is 4.38. The van der Waals surface area contributed by atoms with Crippen LogP contribution in [-0.4, -0.2) is 22.9 Å². The van der Waals surface area contributed by atoms with Crippen LogP contribution < -0.4 is 5.73 Å². The van der Waals surface area contributed by atoms with Gasteiger partial charge in [0, 0.05) is 5.41 Å². The molecule has 6 heteroatoms. The third-order valence-electron chi connectivity index (χ3n) is 5.05. The molecular weight excluding hydrogens is 287 g/mol. The molecule has 2 bridgehead atoms. The first-order chi connectivity index (χ1) is 9.64. The van der Waals surface area contributed by atoms with Crippen molar-refractivity contribution < 1.29 is 9.92 Å². The fourth-order valence-corrected chi connectivity index (χ4v) is 5.48. The van der Waals surface area contributed by atoms with Crippen LogP contribution in [0.3, 0.4) is 0 Å². The van der Waals surface area contributed by atoms with Crippen molar-refractivity contribution in [1.82, 2.24) is 0 Å². The first kappa shape index (κ1) is 16.7. The van der Waals surface area contributed by atoms with Gasteiger partial charge in [-0.3, -0.25) is 0 Å². The Hall–Kier alpha value is -0.670. The van der Waals surface area contributed by atoms with Gasteiger partial charge in [-0.15, -0.1) is 19.4 Å². The molecule has 5 atom stereocenters. The van der Waals surface area contributed by atoms with E-state index in [9.17, 15) is 10.1 Å². The van der Waals surface area contributed by atoms with E-state index in [1.54, 1.807) is 0 Å². The normalized spacial score (nSPS) is 40.3. The van der Waals surface area contributed by atoms with E-state index in [1.165, 1.54) is 5.57 Å². The van der Waals surface area contributed by atoms with Crippen molar-refractivity contribution >= 4 is 9.24 Å². The summed E-state index contributed by atoms with van der Waals surface area (Å²) >= 11 is 0. The number of allylic oxidation sites excluding steroid dienone is 1. The summed E-state index contributed by atoms with van der Waals surface area (Å²) in [5, 5.41) is 10.3. The number of fused-ring (bicyclic) bond motifs is 2. The Labute approximate surface area is 129 Å². The van der Waals surface area contributed by atoms with E-state index >= 15 is 0 Å². The molecule has 5 nitrogen and oxygen atoms in total. The fraction of sp³-hybridized carbons (Fsp3) is 0.867. The molecule has 2 rings (SSSR count). The minimum absolute atomic E-state index is 0.0426. The minimum Gasteiger partial charge on any atom is -0.330 e. The lowest BCUT2D eigenvalue weighted by atomic mass is 9.55. The van der Waals surface area contributed by atoms with Crippen molar-refractivity contribution in [2.24, 2.45) is 16.6 Å². The van der Waals surface area contributed by atoms with Crippen LogP contribution in [0.15, 0.2) is 11.6 Å². The summed E-state index contributed by atoms with van der Waals surface area (Å²) < 4.78 is 0. The van der Waals surface area contributed by atoms with Crippen molar-refractivity contribution in [2.45, 2.75) is 64.1 Å². The highest BCUT2D eigenvalue weighted by Crippen LogP contribution is 2.58. The standard InChI is InChI=1S/C15H27N2O3P/c1-4-12(20-17(18)19)13(2)5-11-6-14(3,21)9-15(7-11,8-13)10-16/h5,12H,4,6-10,16,21H2,1-3H3. The second-order valence-electron chi connectivity index (χ2n) is 7.60. The molecule has 2 aliphatic carbocycles. The molecule has 2 aliphatic rings. The van der Waals surface area contributed by atoms with Gasteiger partial charge in [0.2, 0.25) is 0 Å². The van der Waals surface area contributed by atoms with Gasteiger partial charge in [-0.25, -0.2) is 0 Å². The molecule has 0 aromatic rings. The highest BCUT2D eigenvalue weighted by molar-refractivity contribution is 7.18. The molecule has 1 fully saturated rings. The Morgan fingerprint density at radius 1 is 1.48 bits per heavy atom. The van der Waals surface area contributed by atoms with Crippen LogP contribution in [0, 0.1) is 20.9 Å². The van der Waals surface area contributed by atoms with E-state index in [1.807, 2.05) is 6.92 Å². The van der Waals surface area contributed by atoms with Crippen molar-refractivity contribution in [1.29, 1.82) is 0 Å². The van der Waals surface area contributed by atoms with Crippen LogP contribution in [0.2, 0.25) is 0 Å². The summed E-state index contributed by atoms with van der Waals surface area (Å²) in [6.07, 6.45) is 6.41. The molecule has 21 heavy (non-hydrogen) atoms. The number of rotatable bonds is 5. The van der Waals surface area contributed by atoms with E-state index in [4.69, 9.17) is 10.6 Å². The van der Waals surface area contributed by atoms with Crippen molar-refractivity contribution in [3.05, 3.63) is 21.8 Å². The molecule has 0 saturated heterocycles. The van der Waals surface area contributed by atoms with E-state index in [0.717, 1.165) is 25.7 Å². The summed E-state index contributed by atoms with van der Waals surface area (Å²) in [6.45, 7) is 6.90. The average Bonchev–Trinajstić information content (AvgIpc) is 2.32. The molecule has 0 heterocycles. The largest absolute Gasteiger partial charge is 0.330 e. The first-order valence-corrected chi connectivity index (χ1v) is 8.22. The number of hydrogen-bond acceptors (Lipinski definition) is 4. The Morgan fingerprint density at radius 2 is 2.14 bits per heavy atom. The van der Waals surface area contributed by atoms with Gasteiger partial charge in [0.1, 0.15) is 6.10 Å². The number of nitrogens with two attached hydrogens (primary N) is 1. The Bertz CT molecular complexity index is 466. The van der Waals surface area contributed by atoms with Crippen LogP contribution in [0.5, 0.6) is 0 Å². The molecule has 0 aromatic heterocycles. The summed E-state index contributed by atoms with van der Waals surface area (Å²) in [7, 11) is 2.97. The van der Waals surface area contributed by atoms with Gasteiger partial charge in [-0.05, 0) is 49.2 Å². The van der Waals surface area contributed by atoms with Gasteiger partial charge in [0.25, 0.3) is 5.09 Å². The molecule has 120 valence electrons. The molecule has 0 spiro atoms. The topological polar surface area (TPSA) is 78.4 Å². The summed E-state index contributed by atoms with van der Waals surface area (Å²) in [5.41, 5.74) is 7.23. The molecule has 1 saturated carbocycles. The second kappa shape index (κ2) is 5.51. The van der Waals surface area contributed by atoms with Gasteiger partial charge in [0.15, 0.2) is 0 Å². The highest BCUT2D eigenvalue weighted by atomic mass is 31.0. The van der Waals surface area contributed by atoms with E-state index in [0.29, 0.717) is 13.0 Å². The molecule has 0 amide bonds. The van der Waals surface area contributed by atoms with E-state index in [-0.39, 0.29) is 16.0 Å². The zero-order valence-electron chi connectivity index (χ0n) is 13.2. The third kappa shape index (κ3) is 3.40. The number of hydrogen-bond donors (Lipinski definition) is 1. The summed E-state index contributed by atoms with van der Waals surface area (Å²) in [5.74, 6) is 0. The second-order valence-corrected chi connectivity index (χ2v) is 8.99. The minimum atomic E-state index is -0.656. The number of nitrogens with zero attached hydrogens (tertiary/aromatic N) is 1. The fourth-order valence-electron chi connectivity index (χ4n) is 4.79. The smallest absolute Gasteiger partial charge is 0.294 e. The Balaban J connectivity index is 2.36. The highest BCUT2D eigenvalue weighted by Gasteiger charge is 2.50. The Morgan fingerprint density at radius 3 is 2.67 bits per heavy atom. The lowest BCUT2D eigenvalue weighted by Crippen LogP contribution is -2.50. The maximum atomic E-state index is 10.8. The maximum absolute atomic E-state index is 10.8. The van der Waals surface area contributed by atoms with Gasteiger partial charge in [-0.1, -0.05) is 32.4 Å². The van der Waals surface area contributed by atoms with Crippen LogP contribution in [0.1, 0.15) is 52.9 Å². The summed E-state index contributed by atoms with van der Waals surface area (Å²) in [4.78, 5) is 15.8. The third-order valence-corrected chi connectivity index (χ3v) is 5.46. The van der Waals surface area contributed by atoms with Crippen molar-refractivity contribution in [2.75, 3.05) is 6.54 Å². The molecule has 0 aliphatic heterocycles. The van der Waals surface area contributed by atoms with E-state index in [2.05, 4.69) is 29.2 Å². The average molecular weight is 314 g/mol. The van der Waals surface area contributed by atoms with Crippen molar-refractivity contribution in [3.63, 3.8) is 0 Å².